The molecule has 10 nitrogen and oxygen atoms in total. The maximum Gasteiger partial charge on any atom is 0.326 e. The molecule has 201 valence electrons. The van der Waals surface area contributed by atoms with Crippen molar-refractivity contribution in [3.63, 3.8) is 0 Å². The average Bonchev–Trinajstić information content (AvgIpc) is 3.58. The molecular weight excluding hydrogens is 571 g/mol. The fraction of sp³-hybridized carbons (Fsp3) is 0.385. The van der Waals surface area contributed by atoms with Crippen LogP contribution in [0.5, 0.6) is 11.5 Å². The number of hydrogen-bond acceptors (Lipinski definition) is 6. The summed E-state index contributed by atoms with van der Waals surface area (Å²) < 4.78 is 10.3. The molecule has 0 bridgehead atoms. The summed E-state index contributed by atoms with van der Waals surface area (Å²) in [6.07, 6.45) is 2.46. The van der Waals surface area contributed by atoms with E-state index in [1.165, 1.54) is 24.0 Å². The number of methoxy groups -OCH3 is 2. The van der Waals surface area contributed by atoms with E-state index in [1.54, 1.807) is 48.5 Å². The molecule has 2 aromatic carbocycles. The number of ether oxygens (including phenoxy) is 2. The molecule has 2 aromatic rings. The molecule has 0 saturated carbocycles. The first-order valence-electron chi connectivity index (χ1n) is 11.6. The van der Waals surface area contributed by atoms with Crippen molar-refractivity contribution in [2.24, 2.45) is 0 Å². The molecule has 11 heteroatoms. The van der Waals surface area contributed by atoms with E-state index in [0.29, 0.717) is 48.6 Å². The number of carbonyl (C=O) groups excluding carboxylic acids is 2. The van der Waals surface area contributed by atoms with Gasteiger partial charge in [0.05, 0.1) is 25.3 Å². The quantitative estimate of drug-likeness (QED) is 0.483. The molecule has 0 aliphatic carbocycles. The van der Waals surface area contributed by atoms with Crippen molar-refractivity contribution in [1.29, 1.82) is 0 Å². The Morgan fingerprint density at radius 2 is 1.05 bits per heavy atom. The Bertz CT molecular complexity index is 1040. The molecule has 4 rings (SSSR count). The van der Waals surface area contributed by atoms with Gasteiger partial charge in [0, 0.05) is 32.6 Å². The van der Waals surface area contributed by atoms with Gasteiger partial charge >= 0.3 is 11.9 Å². The zero-order chi connectivity index (χ0) is 26.2. The van der Waals surface area contributed by atoms with E-state index in [4.69, 9.17) is 19.7 Å². The van der Waals surface area contributed by atoms with Crippen molar-refractivity contribution in [3.8, 4) is 11.5 Å². The van der Waals surface area contributed by atoms with Crippen molar-refractivity contribution in [2.75, 3.05) is 27.3 Å². The van der Waals surface area contributed by atoms with E-state index in [0.717, 1.165) is 12.8 Å². The third-order valence-corrected chi connectivity index (χ3v) is 6.27. The topological polar surface area (TPSA) is 134 Å². The number of amides is 2. The van der Waals surface area contributed by atoms with E-state index >= 15 is 0 Å². The smallest absolute Gasteiger partial charge is 0.326 e. The first-order chi connectivity index (χ1) is 17.3. The van der Waals surface area contributed by atoms with E-state index in [1.807, 2.05) is 0 Å². The zero-order valence-corrected chi connectivity index (χ0v) is 22.2. The van der Waals surface area contributed by atoms with Crippen molar-refractivity contribution in [3.05, 3.63) is 59.7 Å². The fourth-order valence-corrected chi connectivity index (χ4v) is 4.49. The molecule has 0 unspecified atom stereocenters. The average molecular weight is 601 g/mol. The minimum Gasteiger partial charge on any atom is -0.496 e. The molecule has 2 aliphatic heterocycles. The van der Waals surface area contributed by atoms with E-state index < -0.39 is 24.0 Å². The minimum atomic E-state index is -0.948. The number of nitrogens with zero attached hydrogens (tertiary/aromatic N) is 2. The van der Waals surface area contributed by atoms with Gasteiger partial charge in [0.1, 0.15) is 23.6 Å². The SMILES string of the molecule is COc1ccccc1C(=O)N1CCC[C@H]1C(=O)O.COc1ccccc1C(=O)N1CCC[C@H]1C(=O)O.[Rh]. The Kier molecular flexibility index (Phi) is 11.1. The van der Waals surface area contributed by atoms with Gasteiger partial charge in [-0.3, -0.25) is 9.59 Å². The van der Waals surface area contributed by atoms with Crippen LogP contribution in [0.1, 0.15) is 46.4 Å². The molecule has 2 N–H and O–H groups in total. The van der Waals surface area contributed by atoms with Crippen molar-refractivity contribution >= 4 is 23.8 Å². The standard InChI is InChI=1S/2C13H15NO4.Rh/c2*1-18-11-7-3-2-5-9(11)12(15)14-8-4-6-10(14)13(16)17;/h2*2-3,5,7,10H,4,6,8H2,1H3,(H,16,17);/t2*10-;/m00./s1. The predicted octanol–water partition coefficient (Wildman–Crippen LogP) is 2.77. The van der Waals surface area contributed by atoms with Crippen LogP contribution < -0.4 is 9.47 Å². The summed E-state index contributed by atoms with van der Waals surface area (Å²) in [6.45, 7) is 0.960. The van der Waals surface area contributed by atoms with Gasteiger partial charge in [-0.25, -0.2) is 9.59 Å². The normalized spacial score (nSPS) is 18.2. The number of likely N-dealkylation sites (tertiary alicyclic amines) is 2. The monoisotopic (exact) mass is 601 g/mol. The first-order valence-corrected chi connectivity index (χ1v) is 11.6. The maximum atomic E-state index is 12.3. The van der Waals surface area contributed by atoms with Crippen molar-refractivity contribution in [1.82, 2.24) is 9.80 Å². The summed E-state index contributed by atoms with van der Waals surface area (Å²) in [7, 11) is 2.98. The van der Waals surface area contributed by atoms with E-state index in [-0.39, 0.29) is 31.3 Å². The van der Waals surface area contributed by atoms with Crippen molar-refractivity contribution in [2.45, 2.75) is 37.8 Å². The molecule has 37 heavy (non-hydrogen) atoms. The summed E-state index contributed by atoms with van der Waals surface area (Å²) in [6, 6.07) is 12.3. The Morgan fingerprint density at radius 3 is 1.38 bits per heavy atom. The number of rotatable bonds is 6. The molecule has 2 aliphatic rings. The summed E-state index contributed by atoms with van der Waals surface area (Å²) in [4.78, 5) is 49.6. The largest absolute Gasteiger partial charge is 0.496 e. The minimum absolute atomic E-state index is 0. The third-order valence-electron chi connectivity index (χ3n) is 6.27. The Labute approximate surface area is 227 Å². The van der Waals surface area contributed by atoms with Gasteiger partial charge < -0.3 is 29.5 Å². The maximum absolute atomic E-state index is 12.3. The van der Waals surface area contributed by atoms with Gasteiger partial charge in [-0.05, 0) is 49.9 Å². The summed E-state index contributed by atoms with van der Waals surface area (Å²) in [5.74, 6) is -1.52. The summed E-state index contributed by atoms with van der Waals surface area (Å²) in [5, 5.41) is 18.2. The molecule has 2 fully saturated rings. The molecule has 2 atom stereocenters. The van der Waals surface area contributed by atoms with Crippen LogP contribution in [0.25, 0.3) is 0 Å². The van der Waals surface area contributed by atoms with Gasteiger partial charge in [0.25, 0.3) is 11.8 Å². The van der Waals surface area contributed by atoms with Gasteiger partial charge in [0.2, 0.25) is 0 Å². The van der Waals surface area contributed by atoms with Crippen LogP contribution in [0, 0.1) is 0 Å². The first kappa shape index (κ1) is 29.8. The number of carbonyl (C=O) groups is 4. The van der Waals surface area contributed by atoms with Gasteiger partial charge in [-0.15, -0.1) is 0 Å². The molecule has 2 saturated heterocycles. The number of aliphatic carboxylic acids is 2. The summed E-state index contributed by atoms with van der Waals surface area (Å²) in [5.41, 5.74) is 0.821. The molecule has 1 radical (unpaired) electrons. The van der Waals surface area contributed by atoms with Crippen LogP contribution in [0.4, 0.5) is 0 Å². The molecule has 0 aromatic heterocycles. The molecule has 2 amide bonds. The number of para-hydroxylation sites is 2. The second kappa shape index (κ2) is 13.7. The van der Waals surface area contributed by atoms with Crippen LogP contribution in [0.2, 0.25) is 0 Å². The zero-order valence-electron chi connectivity index (χ0n) is 20.6. The molecular formula is C26H30N2O8Rh. The van der Waals surface area contributed by atoms with Crippen LogP contribution in [0.15, 0.2) is 48.5 Å². The molecule has 2 heterocycles. The Balaban J connectivity index is 0.000000253. The van der Waals surface area contributed by atoms with Gasteiger partial charge in [-0.1, -0.05) is 24.3 Å². The summed E-state index contributed by atoms with van der Waals surface area (Å²) >= 11 is 0. The Hall–Kier alpha value is -3.46. The van der Waals surface area contributed by atoms with Crippen LogP contribution in [-0.4, -0.2) is 83.2 Å². The number of benzene rings is 2. The number of hydrogen-bond donors (Lipinski definition) is 2. The number of carboxylic acids is 2. The second-order valence-electron chi connectivity index (χ2n) is 8.39. The Morgan fingerprint density at radius 1 is 0.703 bits per heavy atom. The van der Waals surface area contributed by atoms with Gasteiger partial charge in [-0.2, -0.15) is 0 Å². The fourth-order valence-electron chi connectivity index (χ4n) is 4.49. The molecule has 0 spiro atoms. The second-order valence-corrected chi connectivity index (χ2v) is 8.39. The van der Waals surface area contributed by atoms with Crippen LogP contribution in [-0.2, 0) is 29.1 Å². The predicted molar refractivity (Wildman–Crippen MR) is 129 cm³/mol. The third kappa shape index (κ3) is 6.86. The van der Waals surface area contributed by atoms with E-state index in [2.05, 4.69) is 0 Å². The van der Waals surface area contributed by atoms with E-state index in [9.17, 15) is 19.2 Å². The van der Waals surface area contributed by atoms with Crippen LogP contribution >= 0.6 is 0 Å². The number of carboxylic acid groups (broad SMARTS) is 2. The van der Waals surface area contributed by atoms with Gasteiger partial charge in [0.15, 0.2) is 0 Å². The van der Waals surface area contributed by atoms with Crippen molar-refractivity contribution < 1.29 is 58.3 Å². The van der Waals surface area contributed by atoms with Crippen LogP contribution in [0.3, 0.4) is 0 Å².